The quantitative estimate of drug-likeness (QED) is 0.737. The highest BCUT2D eigenvalue weighted by Crippen LogP contribution is 2.25. The predicted molar refractivity (Wildman–Crippen MR) is 63.7 cm³/mol. The Bertz CT molecular complexity index is 477. The Morgan fingerprint density at radius 1 is 1.19 bits per heavy atom. The van der Waals surface area contributed by atoms with Crippen molar-refractivity contribution in [1.29, 1.82) is 0 Å². The lowest BCUT2D eigenvalue weighted by atomic mass is 9.99. The second-order valence-electron chi connectivity index (χ2n) is 4.14. The first-order valence-corrected chi connectivity index (χ1v) is 5.38. The van der Waals surface area contributed by atoms with Crippen LogP contribution in [0, 0.1) is 5.82 Å². The normalized spacial score (nSPS) is 10.8. The minimum atomic E-state index is -0.181. The van der Waals surface area contributed by atoms with Gasteiger partial charge < -0.3 is 0 Å². The fraction of sp³-hybridized carbons (Fsp3) is 0.214. The van der Waals surface area contributed by atoms with Crippen molar-refractivity contribution in [2.24, 2.45) is 0 Å². The van der Waals surface area contributed by atoms with Gasteiger partial charge in [0.25, 0.3) is 0 Å². The number of aromatic nitrogens is 1. The minimum absolute atomic E-state index is 0.181. The van der Waals surface area contributed by atoms with Crippen LogP contribution in [0.2, 0.25) is 0 Å². The van der Waals surface area contributed by atoms with Crippen LogP contribution in [0.3, 0.4) is 0 Å². The topological polar surface area (TPSA) is 12.9 Å². The fourth-order valence-electron chi connectivity index (χ4n) is 1.65. The van der Waals surface area contributed by atoms with Crippen LogP contribution in [0.5, 0.6) is 0 Å². The predicted octanol–water partition coefficient (Wildman–Crippen LogP) is 4.01. The lowest BCUT2D eigenvalue weighted by molar-refractivity contribution is 0.626. The summed E-state index contributed by atoms with van der Waals surface area (Å²) < 4.78 is 13.9. The molecule has 2 rings (SSSR count). The summed E-state index contributed by atoms with van der Waals surface area (Å²) in [5.41, 5.74) is 2.44. The second kappa shape index (κ2) is 4.44. The summed E-state index contributed by atoms with van der Waals surface area (Å²) in [5.74, 6) is 0.164. The maximum Gasteiger partial charge on any atom is 0.131 e. The van der Waals surface area contributed by atoms with Crippen LogP contribution in [0.4, 0.5) is 4.39 Å². The third kappa shape index (κ3) is 2.11. The highest BCUT2D eigenvalue weighted by molar-refractivity contribution is 5.63. The Hall–Kier alpha value is -1.70. The zero-order valence-corrected chi connectivity index (χ0v) is 9.44. The van der Waals surface area contributed by atoms with Gasteiger partial charge in [0.2, 0.25) is 0 Å². The highest BCUT2D eigenvalue weighted by Gasteiger charge is 2.07. The third-order valence-corrected chi connectivity index (χ3v) is 2.63. The Kier molecular flexibility index (Phi) is 3.00. The molecule has 0 spiro atoms. The molecule has 1 aromatic carbocycles. The van der Waals surface area contributed by atoms with Gasteiger partial charge in [0.1, 0.15) is 5.82 Å². The van der Waals surface area contributed by atoms with E-state index >= 15 is 0 Å². The molecule has 82 valence electrons. The van der Waals surface area contributed by atoms with E-state index in [0.717, 1.165) is 11.1 Å². The molecule has 0 fully saturated rings. The number of benzene rings is 1. The molecule has 0 aliphatic heterocycles. The van der Waals surface area contributed by atoms with Crippen molar-refractivity contribution in [2.45, 2.75) is 19.8 Å². The molecule has 16 heavy (non-hydrogen) atoms. The molecule has 1 aromatic heterocycles. The average Bonchev–Trinajstić information content (AvgIpc) is 2.30. The largest absolute Gasteiger partial charge is 0.264 e. The van der Waals surface area contributed by atoms with Gasteiger partial charge in [-0.2, -0.15) is 0 Å². The molecule has 0 N–H and O–H groups in total. The summed E-state index contributed by atoms with van der Waals surface area (Å²) in [7, 11) is 0. The number of halogens is 1. The van der Waals surface area contributed by atoms with Crippen molar-refractivity contribution in [3.05, 3.63) is 54.1 Å². The van der Waals surface area contributed by atoms with Crippen molar-refractivity contribution >= 4 is 0 Å². The van der Waals surface area contributed by atoms with Gasteiger partial charge >= 0.3 is 0 Å². The standard InChI is InChI=1S/C14H14FN/c1-10(2)11-5-6-13(14(15)8-11)12-4-3-7-16-9-12/h3-10H,1-2H3. The van der Waals surface area contributed by atoms with Crippen molar-refractivity contribution in [3.63, 3.8) is 0 Å². The van der Waals surface area contributed by atoms with E-state index in [-0.39, 0.29) is 5.82 Å². The zero-order valence-electron chi connectivity index (χ0n) is 9.44. The first-order chi connectivity index (χ1) is 7.68. The summed E-state index contributed by atoms with van der Waals surface area (Å²) in [6.07, 6.45) is 3.36. The number of hydrogen-bond donors (Lipinski definition) is 0. The Morgan fingerprint density at radius 2 is 2.00 bits per heavy atom. The summed E-state index contributed by atoms with van der Waals surface area (Å²) in [5, 5.41) is 0. The van der Waals surface area contributed by atoms with E-state index in [1.165, 1.54) is 0 Å². The monoisotopic (exact) mass is 215 g/mol. The van der Waals surface area contributed by atoms with Crippen molar-refractivity contribution in [1.82, 2.24) is 4.98 Å². The van der Waals surface area contributed by atoms with E-state index in [2.05, 4.69) is 18.8 Å². The van der Waals surface area contributed by atoms with Crippen LogP contribution < -0.4 is 0 Å². The van der Waals surface area contributed by atoms with Crippen LogP contribution in [0.25, 0.3) is 11.1 Å². The molecule has 0 saturated carbocycles. The van der Waals surface area contributed by atoms with E-state index in [1.807, 2.05) is 24.3 Å². The summed E-state index contributed by atoms with van der Waals surface area (Å²) in [4.78, 5) is 3.99. The third-order valence-electron chi connectivity index (χ3n) is 2.63. The van der Waals surface area contributed by atoms with Crippen LogP contribution >= 0.6 is 0 Å². The number of rotatable bonds is 2. The maximum absolute atomic E-state index is 13.9. The van der Waals surface area contributed by atoms with Crippen molar-refractivity contribution < 1.29 is 4.39 Å². The molecular formula is C14H14FN. The van der Waals surface area contributed by atoms with Crippen molar-refractivity contribution in [3.8, 4) is 11.1 Å². The summed E-state index contributed by atoms with van der Waals surface area (Å²) in [6.45, 7) is 4.11. The molecule has 0 saturated heterocycles. The Balaban J connectivity index is 2.45. The molecule has 0 bridgehead atoms. The van der Waals surface area contributed by atoms with E-state index in [1.54, 1.807) is 18.5 Å². The SMILES string of the molecule is CC(C)c1ccc(-c2cccnc2)c(F)c1. The van der Waals surface area contributed by atoms with Gasteiger partial charge in [-0.15, -0.1) is 0 Å². The maximum atomic E-state index is 13.9. The minimum Gasteiger partial charge on any atom is -0.264 e. The number of pyridine rings is 1. The van der Waals surface area contributed by atoms with Crippen LogP contribution in [-0.2, 0) is 0 Å². The van der Waals surface area contributed by atoms with E-state index in [4.69, 9.17) is 0 Å². The molecule has 1 heterocycles. The zero-order chi connectivity index (χ0) is 11.5. The van der Waals surface area contributed by atoms with Gasteiger partial charge in [0.15, 0.2) is 0 Å². The first-order valence-electron chi connectivity index (χ1n) is 5.38. The molecule has 1 nitrogen and oxygen atoms in total. The molecule has 0 atom stereocenters. The van der Waals surface area contributed by atoms with Gasteiger partial charge in [-0.3, -0.25) is 4.98 Å². The molecule has 0 unspecified atom stereocenters. The molecule has 2 heteroatoms. The lowest BCUT2D eigenvalue weighted by Crippen LogP contribution is -1.91. The van der Waals surface area contributed by atoms with Crippen LogP contribution in [0.15, 0.2) is 42.7 Å². The Morgan fingerprint density at radius 3 is 2.56 bits per heavy atom. The van der Waals surface area contributed by atoms with Crippen LogP contribution in [-0.4, -0.2) is 4.98 Å². The Labute approximate surface area is 95.0 Å². The summed E-state index contributed by atoms with van der Waals surface area (Å²) >= 11 is 0. The van der Waals surface area contributed by atoms with E-state index < -0.39 is 0 Å². The highest BCUT2D eigenvalue weighted by atomic mass is 19.1. The molecule has 0 amide bonds. The fourth-order valence-corrected chi connectivity index (χ4v) is 1.65. The molecule has 2 aromatic rings. The molecule has 0 aliphatic carbocycles. The first kappa shape index (κ1) is 10.8. The molecule has 0 radical (unpaired) electrons. The number of nitrogens with zero attached hydrogens (tertiary/aromatic N) is 1. The lowest BCUT2D eigenvalue weighted by Gasteiger charge is -2.08. The smallest absolute Gasteiger partial charge is 0.131 e. The molecule has 0 aliphatic rings. The number of hydrogen-bond acceptors (Lipinski definition) is 1. The van der Waals surface area contributed by atoms with Crippen LogP contribution in [0.1, 0.15) is 25.3 Å². The second-order valence-corrected chi connectivity index (χ2v) is 4.14. The summed E-state index contributed by atoms with van der Waals surface area (Å²) in [6, 6.07) is 9.07. The van der Waals surface area contributed by atoms with Gasteiger partial charge in [-0.25, -0.2) is 4.39 Å². The van der Waals surface area contributed by atoms with Crippen molar-refractivity contribution in [2.75, 3.05) is 0 Å². The molecular weight excluding hydrogens is 201 g/mol. The average molecular weight is 215 g/mol. The van der Waals surface area contributed by atoms with Gasteiger partial charge in [-0.1, -0.05) is 32.0 Å². The van der Waals surface area contributed by atoms with Gasteiger partial charge in [-0.05, 0) is 23.6 Å². The van der Waals surface area contributed by atoms with E-state index in [9.17, 15) is 4.39 Å². The van der Waals surface area contributed by atoms with Gasteiger partial charge in [0, 0.05) is 23.5 Å². The van der Waals surface area contributed by atoms with E-state index in [0.29, 0.717) is 11.5 Å². The van der Waals surface area contributed by atoms with Gasteiger partial charge in [0.05, 0.1) is 0 Å².